The molecular weight excluding hydrogens is 439 g/mol. The van der Waals surface area contributed by atoms with E-state index in [1.54, 1.807) is 43.5 Å². The number of ether oxygens (including phenoxy) is 1. The fraction of sp³-hybridized carbons (Fsp3) is 0.308. The number of rotatable bonds is 8. The Morgan fingerprint density at radius 3 is 2.61 bits per heavy atom. The predicted molar refractivity (Wildman–Crippen MR) is 128 cm³/mol. The second-order valence-electron chi connectivity index (χ2n) is 8.14. The Morgan fingerprint density at radius 2 is 1.91 bits per heavy atom. The number of hydrogen-bond acceptors (Lipinski definition) is 4. The normalized spacial score (nSPS) is 14.6. The fourth-order valence-electron chi connectivity index (χ4n) is 4.29. The van der Waals surface area contributed by atoms with E-state index >= 15 is 4.39 Å². The molecule has 1 saturated carbocycles. The van der Waals surface area contributed by atoms with E-state index in [-0.39, 0.29) is 30.0 Å². The van der Waals surface area contributed by atoms with Crippen LogP contribution in [0.1, 0.15) is 42.2 Å². The van der Waals surface area contributed by atoms with Crippen LogP contribution in [0.15, 0.2) is 66.0 Å². The molecule has 1 unspecified atom stereocenters. The highest BCUT2D eigenvalue weighted by Crippen LogP contribution is 2.33. The van der Waals surface area contributed by atoms with E-state index < -0.39 is 11.9 Å². The summed E-state index contributed by atoms with van der Waals surface area (Å²) in [5, 5.41) is 5.00. The topological polar surface area (TPSA) is 58.6 Å². The van der Waals surface area contributed by atoms with Crippen LogP contribution in [0.25, 0.3) is 0 Å². The summed E-state index contributed by atoms with van der Waals surface area (Å²) in [4.78, 5) is 29.4. The highest BCUT2D eigenvalue weighted by atomic mass is 32.1. The minimum atomic E-state index is -1.04. The van der Waals surface area contributed by atoms with E-state index in [1.165, 1.54) is 28.4 Å². The van der Waals surface area contributed by atoms with Gasteiger partial charge in [0, 0.05) is 10.9 Å². The second kappa shape index (κ2) is 10.6. The van der Waals surface area contributed by atoms with Crippen molar-refractivity contribution in [3.63, 3.8) is 0 Å². The van der Waals surface area contributed by atoms with E-state index in [2.05, 4.69) is 5.32 Å². The maximum atomic E-state index is 15.0. The number of benzene rings is 2. The zero-order valence-corrected chi connectivity index (χ0v) is 19.3. The van der Waals surface area contributed by atoms with Crippen molar-refractivity contribution >= 4 is 28.8 Å². The number of amides is 2. The van der Waals surface area contributed by atoms with E-state index in [0.29, 0.717) is 11.3 Å². The molecule has 0 bridgehead atoms. The molecular formula is C26H27FN2O3S. The highest BCUT2D eigenvalue weighted by molar-refractivity contribution is 7.10. The molecule has 1 fully saturated rings. The van der Waals surface area contributed by atoms with Crippen molar-refractivity contribution in [2.75, 3.05) is 12.0 Å². The predicted octanol–water partition coefficient (Wildman–Crippen LogP) is 5.27. The van der Waals surface area contributed by atoms with Gasteiger partial charge in [-0.1, -0.05) is 43.2 Å². The van der Waals surface area contributed by atoms with Gasteiger partial charge in [0.2, 0.25) is 11.8 Å². The number of carbonyl (C=O) groups is 2. The molecule has 0 aliphatic heterocycles. The molecule has 0 spiro atoms. The fourth-order valence-corrected chi connectivity index (χ4v) is 4.99. The lowest BCUT2D eigenvalue weighted by Gasteiger charge is -2.32. The molecule has 4 rings (SSSR count). The van der Waals surface area contributed by atoms with Crippen LogP contribution in [-0.4, -0.2) is 25.0 Å². The quantitative estimate of drug-likeness (QED) is 0.492. The molecule has 1 N–H and O–H groups in total. The number of thiophene rings is 1. The molecule has 3 aromatic rings. The van der Waals surface area contributed by atoms with Gasteiger partial charge in [0.1, 0.15) is 17.6 Å². The van der Waals surface area contributed by atoms with Crippen LogP contribution >= 0.6 is 11.3 Å². The minimum absolute atomic E-state index is 0.0560. The molecule has 7 heteroatoms. The third kappa shape index (κ3) is 5.42. The highest BCUT2D eigenvalue weighted by Gasteiger charge is 2.35. The monoisotopic (exact) mass is 466 g/mol. The van der Waals surface area contributed by atoms with E-state index in [9.17, 15) is 9.59 Å². The number of hydrogen-bond donors (Lipinski definition) is 1. The molecule has 1 atom stereocenters. The SMILES string of the molecule is COc1cccc(C(C(=O)NC2CCCC2)N(C(=O)Cc2cccs2)c2ccccc2F)c1. The van der Waals surface area contributed by atoms with Crippen molar-refractivity contribution in [2.24, 2.45) is 0 Å². The Bertz CT molecular complexity index is 1100. The molecule has 2 aromatic carbocycles. The Kier molecular flexibility index (Phi) is 7.40. The van der Waals surface area contributed by atoms with E-state index in [1.807, 2.05) is 17.5 Å². The number of para-hydroxylation sites is 1. The average Bonchev–Trinajstić information content (AvgIpc) is 3.52. The summed E-state index contributed by atoms with van der Waals surface area (Å²) >= 11 is 1.45. The van der Waals surface area contributed by atoms with Gasteiger partial charge in [-0.15, -0.1) is 11.3 Å². The Labute approximate surface area is 197 Å². The van der Waals surface area contributed by atoms with Gasteiger partial charge in [0.05, 0.1) is 19.2 Å². The average molecular weight is 467 g/mol. The maximum absolute atomic E-state index is 15.0. The van der Waals surface area contributed by atoms with Crippen molar-refractivity contribution in [1.82, 2.24) is 5.32 Å². The molecule has 2 amide bonds. The van der Waals surface area contributed by atoms with Crippen molar-refractivity contribution in [2.45, 2.75) is 44.2 Å². The Morgan fingerprint density at radius 1 is 1.12 bits per heavy atom. The molecule has 0 saturated heterocycles. The second-order valence-corrected chi connectivity index (χ2v) is 9.17. The molecule has 33 heavy (non-hydrogen) atoms. The lowest BCUT2D eigenvalue weighted by molar-refractivity contribution is -0.127. The largest absolute Gasteiger partial charge is 0.497 e. The summed E-state index contributed by atoms with van der Waals surface area (Å²) in [5.74, 6) is -0.668. The number of anilines is 1. The van der Waals surface area contributed by atoms with Gasteiger partial charge in [-0.3, -0.25) is 14.5 Å². The lowest BCUT2D eigenvalue weighted by atomic mass is 10.0. The van der Waals surface area contributed by atoms with Crippen molar-refractivity contribution in [3.8, 4) is 5.75 Å². The summed E-state index contributed by atoms with van der Waals surface area (Å²) in [6.45, 7) is 0. The van der Waals surface area contributed by atoms with Crippen LogP contribution in [0, 0.1) is 5.82 Å². The number of carbonyl (C=O) groups excluding carboxylic acids is 2. The first kappa shape index (κ1) is 23.0. The molecule has 1 aromatic heterocycles. The van der Waals surface area contributed by atoms with Gasteiger partial charge in [0.25, 0.3) is 0 Å². The van der Waals surface area contributed by atoms with Gasteiger partial charge in [-0.05, 0) is 54.1 Å². The minimum Gasteiger partial charge on any atom is -0.497 e. The van der Waals surface area contributed by atoms with Crippen LogP contribution in [0.4, 0.5) is 10.1 Å². The maximum Gasteiger partial charge on any atom is 0.248 e. The Balaban J connectivity index is 1.79. The number of halogens is 1. The molecule has 1 aliphatic carbocycles. The van der Waals surface area contributed by atoms with Crippen LogP contribution in [0.5, 0.6) is 5.75 Å². The smallest absolute Gasteiger partial charge is 0.248 e. The van der Waals surface area contributed by atoms with Gasteiger partial charge in [-0.25, -0.2) is 4.39 Å². The van der Waals surface area contributed by atoms with Crippen LogP contribution in [-0.2, 0) is 16.0 Å². The number of methoxy groups -OCH3 is 1. The molecule has 0 radical (unpaired) electrons. The third-order valence-electron chi connectivity index (χ3n) is 5.90. The van der Waals surface area contributed by atoms with Gasteiger partial charge < -0.3 is 10.1 Å². The van der Waals surface area contributed by atoms with Crippen molar-refractivity contribution < 1.29 is 18.7 Å². The van der Waals surface area contributed by atoms with Crippen molar-refractivity contribution in [3.05, 3.63) is 82.3 Å². The summed E-state index contributed by atoms with van der Waals surface area (Å²) in [6, 6.07) is 15.9. The molecule has 5 nitrogen and oxygen atoms in total. The van der Waals surface area contributed by atoms with Crippen LogP contribution < -0.4 is 15.0 Å². The first-order valence-electron chi connectivity index (χ1n) is 11.1. The van der Waals surface area contributed by atoms with Crippen molar-refractivity contribution in [1.29, 1.82) is 0 Å². The first-order chi connectivity index (χ1) is 16.1. The third-order valence-corrected chi connectivity index (χ3v) is 6.78. The standard InChI is InChI=1S/C26H27FN2O3S/c1-32-20-11-6-8-18(16-20)25(26(31)28-19-9-2-3-10-19)29(23-14-5-4-13-22(23)27)24(30)17-21-12-7-15-33-21/h4-8,11-16,19,25H,2-3,9-10,17H2,1H3,(H,28,31). The summed E-state index contributed by atoms with van der Waals surface area (Å²) < 4.78 is 20.4. The Hall–Kier alpha value is -3.19. The zero-order chi connectivity index (χ0) is 23.2. The number of nitrogens with one attached hydrogen (secondary N) is 1. The zero-order valence-electron chi connectivity index (χ0n) is 18.5. The number of nitrogens with zero attached hydrogens (tertiary/aromatic N) is 1. The summed E-state index contributed by atoms with van der Waals surface area (Å²) in [7, 11) is 1.54. The van der Waals surface area contributed by atoms with Gasteiger partial charge in [-0.2, -0.15) is 0 Å². The van der Waals surface area contributed by atoms with Crippen LogP contribution in [0.2, 0.25) is 0 Å². The van der Waals surface area contributed by atoms with Gasteiger partial charge in [0.15, 0.2) is 0 Å². The van der Waals surface area contributed by atoms with E-state index in [0.717, 1.165) is 30.6 Å². The first-order valence-corrected chi connectivity index (χ1v) is 12.0. The lowest BCUT2D eigenvalue weighted by Crippen LogP contribution is -2.47. The van der Waals surface area contributed by atoms with Crippen LogP contribution in [0.3, 0.4) is 0 Å². The summed E-state index contributed by atoms with van der Waals surface area (Å²) in [5.41, 5.74) is 0.640. The van der Waals surface area contributed by atoms with E-state index in [4.69, 9.17) is 4.74 Å². The summed E-state index contributed by atoms with van der Waals surface area (Å²) in [6.07, 6.45) is 3.99. The molecule has 1 heterocycles. The van der Waals surface area contributed by atoms with Gasteiger partial charge >= 0.3 is 0 Å². The molecule has 172 valence electrons. The molecule has 1 aliphatic rings.